The number of anilines is 2. The second kappa shape index (κ2) is 6.33. The van der Waals surface area contributed by atoms with Crippen LogP contribution in [0.1, 0.15) is 10.4 Å². The van der Waals surface area contributed by atoms with Crippen molar-refractivity contribution in [2.75, 3.05) is 17.1 Å². The third kappa shape index (κ3) is 3.56. The number of nitrogens with one attached hydrogen (secondary N) is 2. The van der Waals surface area contributed by atoms with E-state index < -0.39 is 17.3 Å². The number of carboxylic acid groups (broad SMARTS) is 1. The van der Waals surface area contributed by atoms with Crippen LogP contribution in [0.15, 0.2) is 41.4 Å². The molecule has 7 nitrogen and oxygen atoms in total. The number of aromatic carboxylic acids is 1. The zero-order valence-corrected chi connectivity index (χ0v) is 11.8. The lowest BCUT2D eigenvalue weighted by Crippen LogP contribution is -2.14. The van der Waals surface area contributed by atoms with Crippen molar-refractivity contribution >= 4 is 28.7 Å². The van der Waals surface area contributed by atoms with E-state index in [1.165, 1.54) is 30.5 Å². The highest BCUT2D eigenvalue weighted by molar-refractivity contribution is 7.92. The van der Waals surface area contributed by atoms with Crippen LogP contribution in [-0.4, -0.2) is 32.8 Å². The minimum atomic E-state index is -1.72. The van der Waals surface area contributed by atoms with Crippen molar-refractivity contribution in [2.45, 2.75) is 4.90 Å². The summed E-state index contributed by atoms with van der Waals surface area (Å²) in [6.07, 6.45) is 1.43. The molecule has 0 saturated heterocycles. The monoisotopic (exact) mass is 307 g/mol. The Morgan fingerprint density at radius 2 is 2.14 bits per heavy atom. The van der Waals surface area contributed by atoms with Gasteiger partial charge < -0.3 is 20.1 Å². The highest BCUT2D eigenvalue weighted by Gasteiger charge is 2.17. The lowest BCUT2D eigenvalue weighted by Gasteiger charge is -2.13. The zero-order chi connectivity index (χ0) is 15.4. The van der Waals surface area contributed by atoms with Crippen molar-refractivity contribution in [2.24, 2.45) is 0 Å². The summed E-state index contributed by atoms with van der Waals surface area (Å²) in [6.45, 7) is 0. The number of aromatic nitrogens is 1. The van der Waals surface area contributed by atoms with E-state index in [1.807, 2.05) is 0 Å². The van der Waals surface area contributed by atoms with E-state index in [0.29, 0.717) is 5.69 Å². The topological polar surface area (TPSA) is 118 Å². The molecule has 0 spiro atoms. The van der Waals surface area contributed by atoms with Crippen LogP contribution in [0.4, 0.5) is 11.4 Å². The van der Waals surface area contributed by atoms with Crippen molar-refractivity contribution in [1.29, 1.82) is 0 Å². The summed E-state index contributed by atoms with van der Waals surface area (Å²) in [5.74, 6) is -1.40. The van der Waals surface area contributed by atoms with E-state index in [-0.39, 0.29) is 22.0 Å². The van der Waals surface area contributed by atoms with Gasteiger partial charge in [-0.15, -0.1) is 0 Å². The normalized spacial score (nSPS) is 11.7. The van der Waals surface area contributed by atoms with E-state index >= 15 is 0 Å². The molecule has 0 aliphatic heterocycles. The molecule has 0 bridgehead atoms. The van der Waals surface area contributed by atoms with Crippen molar-refractivity contribution in [3.63, 3.8) is 0 Å². The average molecular weight is 307 g/mol. The van der Waals surface area contributed by atoms with Gasteiger partial charge in [-0.1, -0.05) is 6.07 Å². The fraction of sp³-hybridized carbons (Fsp3) is 0.0769. The molecule has 1 unspecified atom stereocenters. The molecule has 21 heavy (non-hydrogen) atoms. The molecule has 1 heterocycles. The molecule has 0 saturated carbocycles. The first kappa shape index (κ1) is 14.9. The number of hydrogen-bond donors (Lipinski definition) is 4. The fourth-order valence-corrected chi connectivity index (χ4v) is 2.48. The van der Waals surface area contributed by atoms with Crippen molar-refractivity contribution in [3.05, 3.63) is 42.1 Å². The summed E-state index contributed by atoms with van der Waals surface area (Å²) in [6, 6.07) is 7.28. The van der Waals surface area contributed by atoms with Crippen LogP contribution in [0.3, 0.4) is 0 Å². The van der Waals surface area contributed by atoms with Crippen molar-refractivity contribution in [3.8, 4) is 5.88 Å². The maximum atomic E-state index is 12.2. The molecule has 1 aromatic heterocycles. The molecular formula is C13H13N3O4S. The van der Waals surface area contributed by atoms with Gasteiger partial charge in [-0.3, -0.25) is 0 Å². The van der Waals surface area contributed by atoms with Gasteiger partial charge in [0, 0.05) is 13.1 Å². The van der Waals surface area contributed by atoms with Gasteiger partial charge in [0.2, 0.25) is 5.88 Å². The lowest BCUT2D eigenvalue weighted by atomic mass is 10.2. The Morgan fingerprint density at radius 3 is 2.81 bits per heavy atom. The Kier molecular flexibility index (Phi) is 4.51. The summed E-state index contributed by atoms with van der Waals surface area (Å²) in [5.41, 5.74) is 0.849. The second-order valence-corrected chi connectivity index (χ2v) is 5.26. The molecule has 0 aliphatic rings. The Bertz CT molecular complexity index is 666. The molecule has 0 fully saturated rings. The zero-order valence-electron chi connectivity index (χ0n) is 11.0. The van der Waals surface area contributed by atoms with Crippen molar-refractivity contribution < 1.29 is 19.6 Å². The number of carbonyl (C=O) groups is 1. The predicted octanol–water partition coefficient (Wildman–Crippen LogP) is 1.66. The van der Waals surface area contributed by atoms with E-state index in [0.717, 1.165) is 0 Å². The van der Waals surface area contributed by atoms with Crippen LogP contribution in [0.2, 0.25) is 0 Å². The Morgan fingerprint density at radius 1 is 1.38 bits per heavy atom. The minimum Gasteiger partial charge on any atom is -0.588 e. The summed E-state index contributed by atoms with van der Waals surface area (Å²) >= 11 is -1.72. The summed E-state index contributed by atoms with van der Waals surface area (Å²) in [7, 11) is 1.69. The van der Waals surface area contributed by atoms with Gasteiger partial charge in [-0.25, -0.2) is 9.78 Å². The number of pyridine rings is 1. The Labute approximate surface area is 124 Å². The molecule has 0 aliphatic carbocycles. The highest BCUT2D eigenvalue weighted by Crippen LogP contribution is 2.26. The molecule has 1 aromatic carbocycles. The van der Waals surface area contributed by atoms with Crippen molar-refractivity contribution in [1.82, 2.24) is 4.98 Å². The molecule has 2 aromatic rings. The van der Waals surface area contributed by atoms with Crippen LogP contribution in [0.5, 0.6) is 5.88 Å². The third-order valence-corrected chi connectivity index (χ3v) is 3.74. The maximum absolute atomic E-state index is 12.2. The van der Waals surface area contributed by atoms with E-state index in [4.69, 9.17) is 5.11 Å². The first-order valence-corrected chi connectivity index (χ1v) is 7.05. The molecule has 8 heteroatoms. The Hall–Kier alpha value is -2.45. The summed E-state index contributed by atoms with van der Waals surface area (Å²) < 4.78 is 14.8. The summed E-state index contributed by atoms with van der Waals surface area (Å²) in [4.78, 5) is 14.9. The molecular weight excluding hydrogens is 294 g/mol. The van der Waals surface area contributed by atoms with Gasteiger partial charge in [-0.05, 0) is 18.2 Å². The Balaban J connectivity index is 2.23. The van der Waals surface area contributed by atoms with E-state index in [1.54, 1.807) is 13.1 Å². The standard InChI is InChI=1S/C13H13N3O4S/c1-14-9-6-11(12(17)15-7-9)16-21(20)10-4-2-3-8(5-10)13(18)19/h2-7,14,16H,1H3,(H,15,17)(H,18,19). The largest absolute Gasteiger partial charge is 0.588 e. The van der Waals surface area contributed by atoms with Gasteiger partial charge in [0.05, 0.1) is 17.4 Å². The molecule has 4 N–H and O–H groups in total. The molecule has 0 radical (unpaired) electrons. The van der Waals surface area contributed by atoms with Crippen LogP contribution in [0, 0.1) is 0 Å². The first-order valence-electron chi connectivity index (χ1n) is 5.90. The third-order valence-electron chi connectivity index (χ3n) is 2.65. The van der Waals surface area contributed by atoms with Gasteiger partial charge in [0.15, 0.2) is 4.90 Å². The van der Waals surface area contributed by atoms with Crippen LogP contribution in [-0.2, 0) is 11.4 Å². The van der Waals surface area contributed by atoms with Gasteiger partial charge >= 0.3 is 5.97 Å². The predicted molar refractivity (Wildman–Crippen MR) is 78.9 cm³/mol. The maximum Gasteiger partial charge on any atom is 0.335 e. The second-order valence-electron chi connectivity index (χ2n) is 4.05. The fourth-order valence-electron chi connectivity index (χ4n) is 1.57. The lowest BCUT2D eigenvalue weighted by molar-refractivity contribution is 0.0696. The van der Waals surface area contributed by atoms with Crippen LogP contribution >= 0.6 is 0 Å². The smallest absolute Gasteiger partial charge is 0.335 e. The number of nitrogens with zero attached hydrogens (tertiary/aromatic N) is 1. The SMILES string of the molecule is CNc1cnc(O)c(N[S+]([O-])c2cccc(C(=O)O)c2)c1. The van der Waals surface area contributed by atoms with Gasteiger partial charge in [-0.2, -0.15) is 4.72 Å². The molecule has 110 valence electrons. The minimum absolute atomic E-state index is 0.0361. The van der Waals surface area contributed by atoms with E-state index in [9.17, 15) is 14.5 Å². The number of benzene rings is 1. The van der Waals surface area contributed by atoms with Gasteiger partial charge in [0.1, 0.15) is 17.0 Å². The van der Waals surface area contributed by atoms with Crippen LogP contribution in [0.25, 0.3) is 0 Å². The average Bonchev–Trinajstić information content (AvgIpc) is 2.49. The quantitative estimate of drug-likeness (QED) is 0.620. The molecule has 1 atom stereocenters. The highest BCUT2D eigenvalue weighted by atomic mass is 32.2. The summed E-state index contributed by atoms with van der Waals surface area (Å²) in [5, 5.41) is 21.4. The number of aromatic hydroxyl groups is 1. The first-order chi connectivity index (χ1) is 10.0. The van der Waals surface area contributed by atoms with E-state index in [2.05, 4.69) is 15.0 Å². The molecule has 2 rings (SSSR count). The molecule has 0 amide bonds. The van der Waals surface area contributed by atoms with Crippen LogP contribution < -0.4 is 10.0 Å². The number of hydrogen-bond acceptors (Lipinski definition) is 6. The number of carboxylic acids is 1. The number of rotatable bonds is 5. The van der Waals surface area contributed by atoms with Gasteiger partial charge in [0.25, 0.3) is 0 Å².